The van der Waals surface area contributed by atoms with Gasteiger partial charge in [0.2, 0.25) is 5.91 Å². The zero-order chi connectivity index (χ0) is 26.1. The number of aliphatic hydroxyl groups is 1. The van der Waals surface area contributed by atoms with Crippen LogP contribution < -0.4 is 15.4 Å². The normalized spacial score (nSPS) is 12.0. The number of rotatable bonds is 10. The molecular formula is C26H26F3N3O4. The Morgan fingerprint density at radius 3 is 2.53 bits per heavy atom. The fraction of sp³-hybridized carbons (Fsp3) is 0.269. The molecule has 1 aromatic heterocycles. The lowest BCUT2D eigenvalue weighted by Gasteiger charge is -2.14. The third-order valence-electron chi connectivity index (χ3n) is 5.14. The van der Waals surface area contributed by atoms with Gasteiger partial charge in [0.05, 0.1) is 6.10 Å². The zero-order valence-electron chi connectivity index (χ0n) is 19.5. The number of aliphatic hydroxyl groups excluding tert-OH is 1. The summed E-state index contributed by atoms with van der Waals surface area (Å²) in [5.74, 6) is -1.05. The molecule has 7 nitrogen and oxygen atoms in total. The van der Waals surface area contributed by atoms with Crippen molar-refractivity contribution in [2.75, 3.05) is 6.54 Å². The van der Waals surface area contributed by atoms with Crippen LogP contribution in [0.5, 0.6) is 5.75 Å². The van der Waals surface area contributed by atoms with Crippen LogP contribution in [-0.2, 0) is 17.8 Å². The van der Waals surface area contributed by atoms with Gasteiger partial charge >= 0.3 is 6.36 Å². The molecule has 3 aromatic rings. The van der Waals surface area contributed by atoms with E-state index >= 15 is 0 Å². The Bertz CT molecular complexity index is 1200. The highest BCUT2D eigenvalue weighted by atomic mass is 19.4. The number of aromatic nitrogens is 1. The van der Waals surface area contributed by atoms with Gasteiger partial charge in [-0.15, -0.1) is 13.2 Å². The van der Waals surface area contributed by atoms with Gasteiger partial charge in [-0.2, -0.15) is 0 Å². The molecule has 2 amide bonds. The monoisotopic (exact) mass is 501 g/mol. The summed E-state index contributed by atoms with van der Waals surface area (Å²) in [5.41, 5.74) is 2.77. The highest BCUT2D eigenvalue weighted by Gasteiger charge is 2.31. The van der Waals surface area contributed by atoms with Crippen LogP contribution in [0.1, 0.15) is 35.0 Å². The lowest BCUT2D eigenvalue weighted by atomic mass is 9.97. The Hall–Kier alpha value is -3.92. The second kappa shape index (κ2) is 12.2. The SMILES string of the molecule is C[C@@H](O)CNC(=O)c1ncccc1-c1ccccc1CNC(=O)CCc1cccc(OC(F)(F)F)c1. The van der Waals surface area contributed by atoms with E-state index in [1.54, 1.807) is 37.3 Å². The van der Waals surface area contributed by atoms with Gasteiger partial charge in [0.15, 0.2) is 0 Å². The third kappa shape index (κ3) is 8.09. The molecule has 0 bridgehead atoms. The van der Waals surface area contributed by atoms with Crippen LogP contribution in [-0.4, -0.2) is 40.9 Å². The number of amides is 2. The quantitative estimate of drug-likeness (QED) is 0.390. The Kier molecular flexibility index (Phi) is 9.02. The number of halogens is 3. The number of aryl methyl sites for hydroxylation is 1. The number of alkyl halides is 3. The number of benzene rings is 2. The molecule has 0 aliphatic rings. The van der Waals surface area contributed by atoms with Crippen molar-refractivity contribution in [3.8, 4) is 16.9 Å². The van der Waals surface area contributed by atoms with Crippen LogP contribution >= 0.6 is 0 Å². The zero-order valence-corrected chi connectivity index (χ0v) is 19.5. The first kappa shape index (κ1) is 26.7. The average Bonchev–Trinajstić information content (AvgIpc) is 2.84. The molecule has 0 spiro atoms. The van der Waals surface area contributed by atoms with E-state index in [-0.39, 0.29) is 43.3 Å². The minimum atomic E-state index is -4.78. The second-order valence-corrected chi connectivity index (χ2v) is 8.09. The van der Waals surface area contributed by atoms with E-state index in [1.807, 2.05) is 12.1 Å². The van der Waals surface area contributed by atoms with Gasteiger partial charge in [0.25, 0.3) is 5.91 Å². The molecule has 1 atom stereocenters. The third-order valence-corrected chi connectivity index (χ3v) is 5.14. The van der Waals surface area contributed by atoms with Crippen molar-refractivity contribution in [1.29, 1.82) is 0 Å². The molecular weight excluding hydrogens is 475 g/mol. The first-order valence-electron chi connectivity index (χ1n) is 11.2. The maximum Gasteiger partial charge on any atom is 0.573 e. The summed E-state index contributed by atoms with van der Waals surface area (Å²) in [6, 6.07) is 16.2. The number of hydrogen-bond acceptors (Lipinski definition) is 5. The van der Waals surface area contributed by atoms with Crippen molar-refractivity contribution in [2.24, 2.45) is 0 Å². The van der Waals surface area contributed by atoms with Crippen molar-refractivity contribution >= 4 is 11.8 Å². The summed E-state index contributed by atoms with van der Waals surface area (Å²) in [6.07, 6.45) is -3.69. The minimum Gasteiger partial charge on any atom is -0.406 e. The summed E-state index contributed by atoms with van der Waals surface area (Å²) in [6.45, 7) is 1.82. The van der Waals surface area contributed by atoms with Gasteiger partial charge in [0, 0.05) is 31.3 Å². The van der Waals surface area contributed by atoms with E-state index < -0.39 is 18.4 Å². The number of pyridine rings is 1. The van der Waals surface area contributed by atoms with E-state index in [0.717, 1.165) is 5.56 Å². The highest BCUT2D eigenvalue weighted by Crippen LogP contribution is 2.26. The predicted octanol–water partition coefficient (Wildman–Crippen LogP) is 4.01. The summed E-state index contributed by atoms with van der Waals surface area (Å²) in [7, 11) is 0. The van der Waals surface area contributed by atoms with Gasteiger partial charge in [-0.25, -0.2) is 0 Å². The highest BCUT2D eigenvalue weighted by molar-refractivity contribution is 5.99. The lowest BCUT2D eigenvalue weighted by molar-refractivity contribution is -0.274. The van der Waals surface area contributed by atoms with E-state index in [4.69, 9.17) is 0 Å². The van der Waals surface area contributed by atoms with Crippen molar-refractivity contribution in [3.05, 3.63) is 83.7 Å². The van der Waals surface area contributed by atoms with Gasteiger partial charge in [-0.05, 0) is 48.2 Å². The molecule has 1 heterocycles. The Morgan fingerprint density at radius 2 is 1.78 bits per heavy atom. The fourth-order valence-electron chi connectivity index (χ4n) is 3.50. The molecule has 3 rings (SSSR count). The first-order chi connectivity index (χ1) is 17.1. The van der Waals surface area contributed by atoms with Crippen LogP contribution in [0.15, 0.2) is 66.9 Å². The molecule has 0 aliphatic heterocycles. The molecule has 10 heteroatoms. The van der Waals surface area contributed by atoms with Crippen molar-refractivity contribution in [1.82, 2.24) is 15.6 Å². The number of carbonyl (C=O) groups excluding carboxylic acids is 2. The molecule has 0 saturated carbocycles. The molecule has 190 valence electrons. The number of nitrogens with one attached hydrogen (secondary N) is 2. The largest absolute Gasteiger partial charge is 0.573 e. The predicted molar refractivity (Wildman–Crippen MR) is 127 cm³/mol. The molecule has 0 unspecified atom stereocenters. The first-order valence-corrected chi connectivity index (χ1v) is 11.2. The Balaban J connectivity index is 1.65. The van der Waals surface area contributed by atoms with Crippen molar-refractivity contribution < 1.29 is 32.6 Å². The smallest absolute Gasteiger partial charge is 0.406 e. The number of nitrogens with zero attached hydrogens (tertiary/aromatic N) is 1. The van der Waals surface area contributed by atoms with Crippen LogP contribution in [0.2, 0.25) is 0 Å². The molecule has 0 saturated heterocycles. The summed E-state index contributed by atoms with van der Waals surface area (Å²) >= 11 is 0. The van der Waals surface area contributed by atoms with Crippen molar-refractivity contribution in [3.63, 3.8) is 0 Å². The average molecular weight is 502 g/mol. The van der Waals surface area contributed by atoms with Crippen LogP contribution in [0.3, 0.4) is 0 Å². The molecule has 0 aliphatic carbocycles. The summed E-state index contributed by atoms with van der Waals surface area (Å²) in [5, 5.41) is 14.9. The molecule has 3 N–H and O–H groups in total. The summed E-state index contributed by atoms with van der Waals surface area (Å²) < 4.78 is 41.2. The van der Waals surface area contributed by atoms with Gasteiger partial charge in [-0.1, -0.05) is 42.5 Å². The van der Waals surface area contributed by atoms with Crippen molar-refractivity contribution in [2.45, 2.75) is 38.8 Å². The molecule has 0 fully saturated rings. The molecule has 0 radical (unpaired) electrons. The number of ether oxygens (including phenoxy) is 1. The molecule has 2 aromatic carbocycles. The minimum absolute atomic E-state index is 0.0670. The molecule has 36 heavy (non-hydrogen) atoms. The van der Waals surface area contributed by atoms with Crippen LogP contribution in [0, 0.1) is 0 Å². The van der Waals surface area contributed by atoms with Gasteiger partial charge in [0.1, 0.15) is 11.4 Å². The van der Waals surface area contributed by atoms with E-state index in [2.05, 4.69) is 20.4 Å². The van der Waals surface area contributed by atoms with Crippen LogP contribution in [0.25, 0.3) is 11.1 Å². The fourth-order valence-corrected chi connectivity index (χ4v) is 3.50. The lowest BCUT2D eigenvalue weighted by Crippen LogP contribution is -2.31. The Labute approximate surface area is 206 Å². The van der Waals surface area contributed by atoms with Gasteiger partial charge < -0.3 is 20.5 Å². The number of carbonyl (C=O) groups is 2. The standard InChI is InChI=1S/C26H26F3N3O4/c1-17(33)15-32-25(35)24-22(10-5-13-30-24)21-9-3-2-7-19(21)16-31-23(34)12-11-18-6-4-8-20(14-18)36-26(27,28)29/h2-10,13-14,17,33H,11-12,15-16H2,1H3,(H,31,34)(H,32,35)/t17-/m1/s1. The van der Waals surface area contributed by atoms with E-state index in [1.165, 1.54) is 24.4 Å². The van der Waals surface area contributed by atoms with Crippen LogP contribution in [0.4, 0.5) is 13.2 Å². The summed E-state index contributed by atoms with van der Waals surface area (Å²) in [4.78, 5) is 29.3. The van der Waals surface area contributed by atoms with E-state index in [9.17, 15) is 27.9 Å². The van der Waals surface area contributed by atoms with E-state index in [0.29, 0.717) is 16.7 Å². The maximum absolute atomic E-state index is 12.6. The Morgan fingerprint density at radius 1 is 1.03 bits per heavy atom. The topological polar surface area (TPSA) is 101 Å². The maximum atomic E-state index is 12.6. The second-order valence-electron chi connectivity index (χ2n) is 8.09. The van der Waals surface area contributed by atoms with Gasteiger partial charge in [-0.3, -0.25) is 14.6 Å². The number of hydrogen-bond donors (Lipinski definition) is 3.